The molecular weight excluding hydrogens is 693 g/mol. The van der Waals surface area contributed by atoms with Crippen molar-refractivity contribution in [3.05, 3.63) is 50.6 Å². The Bertz CT molecular complexity index is 1470. The summed E-state index contributed by atoms with van der Waals surface area (Å²) in [5, 5.41) is 11.9. The van der Waals surface area contributed by atoms with Crippen LogP contribution in [0.1, 0.15) is 121 Å². The topological polar surface area (TPSA) is 132 Å². The summed E-state index contributed by atoms with van der Waals surface area (Å²) in [6, 6.07) is -2.27. The fraction of sp³-hybridized carbons (Fsp3) is 0.727. The number of rotatable bonds is 12. The zero-order valence-corrected chi connectivity index (χ0v) is 36.1. The van der Waals surface area contributed by atoms with Gasteiger partial charge in [0.2, 0.25) is 17.7 Å². The van der Waals surface area contributed by atoms with E-state index in [0.29, 0.717) is 18.8 Å². The Morgan fingerprint density at radius 3 is 1.78 bits per heavy atom. The maximum atomic E-state index is 15.1. The maximum absolute atomic E-state index is 15.1. The lowest BCUT2D eigenvalue weighted by Crippen LogP contribution is -2.62. The first-order valence-electron chi connectivity index (χ1n) is 20.1. The van der Waals surface area contributed by atoms with Crippen molar-refractivity contribution >= 4 is 24.5 Å². The lowest BCUT2D eigenvalue weighted by atomic mass is 9.73. The van der Waals surface area contributed by atoms with E-state index in [4.69, 9.17) is 9.53 Å². The number of nitrogens with zero attached hydrogens (tertiary/aromatic N) is 2. The molecule has 2 unspecified atom stereocenters. The van der Waals surface area contributed by atoms with Crippen molar-refractivity contribution in [1.29, 1.82) is 0 Å². The van der Waals surface area contributed by atoms with Crippen LogP contribution < -0.4 is 21.4 Å². The number of fused-ring (bicyclic) bond motifs is 1. The highest BCUT2D eigenvalue weighted by Gasteiger charge is 2.85. The second-order valence-corrected chi connectivity index (χ2v) is 20.0. The van der Waals surface area contributed by atoms with Crippen LogP contribution in [0.5, 0.6) is 0 Å². The van der Waals surface area contributed by atoms with Gasteiger partial charge >= 0.3 is 0 Å². The lowest BCUT2D eigenvalue weighted by Gasteiger charge is -2.39. The van der Waals surface area contributed by atoms with Gasteiger partial charge in [0.15, 0.2) is 5.88 Å². The molecule has 55 heavy (non-hydrogen) atoms. The van der Waals surface area contributed by atoms with Gasteiger partial charge in [-0.3, -0.25) is 14.4 Å². The lowest BCUT2D eigenvalue weighted by molar-refractivity contribution is -0.144. The average molecular weight is 767 g/mol. The van der Waals surface area contributed by atoms with Gasteiger partial charge in [0.1, 0.15) is 30.5 Å². The maximum Gasteiger partial charge on any atom is 0.246 e. The average Bonchev–Trinajstić information content (AvgIpc) is 3.55. The van der Waals surface area contributed by atoms with E-state index in [1.54, 1.807) is 0 Å². The summed E-state index contributed by atoms with van der Waals surface area (Å²) in [5.74, 6) is -0.346. The highest BCUT2D eigenvalue weighted by Crippen LogP contribution is 2.88. The molecule has 2 spiro atoms. The highest BCUT2D eigenvalue weighted by molar-refractivity contribution is 5.95. The van der Waals surface area contributed by atoms with Gasteiger partial charge < -0.3 is 35.8 Å². The van der Waals surface area contributed by atoms with Gasteiger partial charge in [0.05, 0.1) is 5.54 Å². The third kappa shape index (κ3) is 8.57. The number of hydrogen-bond donors (Lipinski definition) is 4. The molecule has 3 aliphatic carbocycles. The largest absolute Gasteiger partial charge is 0.474 e. The summed E-state index contributed by atoms with van der Waals surface area (Å²) in [6.45, 7) is 45.1. The number of likely N-dealkylation sites (tertiary alicyclic amines) is 1. The molecule has 11 heteroatoms. The second kappa shape index (κ2) is 16.1. The summed E-state index contributed by atoms with van der Waals surface area (Å²) in [4.78, 5) is 53.8. The Kier molecular flexibility index (Phi) is 13.4. The normalized spacial score (nSPS) is 28.5. The molecule has 11 nitrogen and oxygen atoms in total. The van der Waals surface area contributed by atoms with Crippen LogP contribution in [0.15, 0.2) is 50.6 Å². The SMILES string of the molecule is C=C.C=C[C@@H]1C[C@]1(NC(=O)C1C[C@@]2(CN1C(=O)[C@@H](NC(=O)C(NC(=C)OC(C)(C)C)C(C)(C)C)C(C)(C)C)C(C)(C)C21CCC1)C(=C)NN1CCCC1.C=O. The molecular formula is C44H74N6O5. The van der Waals surface area contributed by atoms with Crippen LogP contribution in [-0.4, -0.2) is 83.3 Å². The molecule has 3 saturated carbocycles. The standard InChI is InChI=1S/C41H68N6O4.C2H4.CH2O/c1-15-28-23-41(28,26(2)45-46-21-16-17-22-46)44-32(48)29-24-40(38(13,14)39(40)19-18-20-39)25-47(29)34(50)31(36(7,8)9)43-33(49)30(35(4,5)6)42-27(3)51-37(10,11)12;2*1-2/h15,28-31,42,45H,1-3,16-25H2,4-14H3,(H,43,49)(H,44,48);1-2H2;1H2/t28-,29?,30?,31-,40-,41+;;/m1../s1. The summed E-state index contributed by atoms with van der Waals surface area (Å²) in [7, 11) is 0. The molecule has 5 rings (SSSR count). The van der Waals surface area contributed by atoms with Crippen LogP contribution in [-0.2, 0) is 23.9 Å². The Balaban J connectivity index is 0.00000196. The first-order chi connectivity index (χ1) is 25.4. The van der Waals surface area contributed by atoms with Crippen molar-refractivity contribution in [2.45, 2.75) is 150 Å². The zero-order chi connectivity index (χ0) is 42.2. The minimum absolute atomic E-state index is 0.00276. The minimum Gasteiger partial charge on any atom is -0.474 e. The van der Waals surface area contributed by atoms with E-state index in [2.05, 4.69) is 73.1 Å². The van der Waals surface area contributed by atoms with Gasteiger partial charge in [-0.15, -0.1) is 19.7 Å². The van der Waals surface area contributed by atoms with Crippen molar-refractivity contribution in [1.82, 2.24) is 31.3 Å². The van der Waals surface area contributed by atoms with Gasteiger partial charge in [-0.1, -0.05) is 74.5 Å². The van der Waals surface area contributed by atoms with E-state index in [0.717, 1.165) is 50.9 Å². The molecule has 6 atom stereocenters. The van der Waals surface area contributed by atoms with Gasteiger partial charge in [0.25, 0.3) is 0 Å². The summed E-state index contributed by atoms with van der Waals surface area (Å²) >= 11 is 0. The smallest absolute Gasteiger partial charge is 0.246 e. The predicted molar refractivity (Wildman–Crippen MR) is 221 cm³/mol. The second-order valence-electron chi connectivity index (χ2n) is 20.0. The van der Waals surface area contributed by atoms with E-state index in [1.807, 2.05) is 80.1 Å². The van der Waals surface area contributed by atoms with Crippen molar-refractivity contribution in [2.24, 2.45) is 33.0 Å². The van der Waals surface area contributed by atoms with Crippen LogP contribution in [0.3, 0.4) is 0 Å². The Morgan fingerprint density at radius 2 is 1.36 bits per heavy atom. The minimum atomic E-state index is -0.874. The molecule has 0 aromatic rings. The third-order valence-electron chi connectivity index (χ3n) is 13.2. The van der Waals surface area contributed by atoms with Crippen molar-refractivity contribution < 1.29 is 23.9 Å². The molecule has 2 saturated heterocycles. The molecule has 0 aromatic heterocycles. The van der Waals surface area contributed by atoms with Crippen LogP contribution >= 0.6 is 0 Å². The van der Waals surface area contributed by atoms with E-state index in [1.165, 1.54) is 6.42 Å². The summed E-state index contributed by atoms with van der Waals surface area (Å²) < 4.78 is 5.93. The van der Waals surface area contributed by atoms with Gasteiger partial charge in [-0.05, 0) is 87.5 Å². The molecule has 5 fully saturated rings. The van der Waals surface area contributed by atoms with Crippen molar-refractivity contribution in [3.8, 4) is 0 Å². The molecule has 4 N–H and O–H groups in total. The zero-order valence-electron chi connectivity index (χ0n) is 36.1. The molecule has 0 radical (unpaired) electrons. The molecule has 5 aliphatic rings. The number of nitrogens with one attached hydrogen (secondary N) is 4. The summed E-state index contributed by atoms with van der Waals surface area (Å²) in [5.41, 5.74) is 1.92. The van der Waals surface area contributed by atoms with Crippen LogP contribution in [0.25, 0.3) is 0 Å². The molecule has 0 aromatic carbocycles. The molecule has 2 aliphatic heterocycles. The fourth-order valence-corrected chi connectivity index (χ4v) is 9.90. The Hall–Kier alpha value is -3.60. The molecule has 310 valence electrons. The first kappa shape index (κ1) is 45.8. The van der Waals surface area contributed by atoms with Crippen molar-refractivity contribution in [2.75, 3.05) is 19.6 Å². The molecule has 2 heterocycles. The number of carbonyl (C=O) groups excluding carboxylic acids is 4. The van der Waals surface area contributed by atoms with E-state index in [9.17, 15) is 9.59 Å². The number of amides is 3. The van der Waals surface area contributed by atoms with E-state index in [-0.39, 0.29) is 39.9 Å². The first-order valence-corrected chi connectivity index (χ1v) is 20.1. The highest BCUT2D eigenvalue weighted by atomic mass is 16.5. The van der Waals surface area contributed by atoms with Gasteiger partial charge in [-0.2, -0.15) is 0 Å². The fourth-order valence-electron chi connectivity index (χ4n) is 9.90. The van der Waals surface area contributed by atoms with Gasteiger partial charge in [-0.25, -0.2) is 5.01 Å². The third-order valence-corrected chi connectivity index (χ3v) is 13.2. The predicted octanol–water partition coefficient (Wildman–Crippen LogP) is 6.40. The number of carbonyl (C=O) groups is 4. The number of hydrogen-bond acceptors (Lipinski definition) is 8. The number of ether oxygens (including phenoxy) is 1. The van der Waals surface area contributed by atoms with Crippen LogP contribution in [0, 0.1) is 33.0 Å². The van der Waals surface area contributed by atoms with Crippen molar-refractivity contribution in [3.63, 3.8) is 0 Å². The molecule has 3 amide bonds. The molecule has 0 bridgehead atoms. The van der Waals surface area contributed by atoms with Gasteiger partial charge in [0, 0.05) is 36.7 Å². The van der Waals surface area contributed by atoms with E-state index >= 15 is 4.79 Å². The van der Waals surface area contributed by atoms with Crippen LogP contribution in [0.2, 0.25) is 0 Å². The Labute approximate surface area is 332 Å². The van der Waals surface area contributed by atoms with E-state index < -0.39 is 40.1 Å². The quantitative estimate of drug-likeness (QED) is 0.133. The monoisotopic (exact) mass is 767 g/mol. The Morgan fingerprint density at radius 1 is 0.818 bits per heavy atom. The van der Waals surface area contributed by atoms with Crippen LogP contribution in [0.4, 0.5) is 0 Å². The number of hydrazine groups is 1. The summed E-state index contributed by atoms with van der Waals surface area (Å²) in [6.07, 6.45) is 8.89.